The molecule has 0 saturated carbocycles. The first kappa shape index (κ1) is 26.5. The lowest BCUT2D eigenvalue weighted by atomic mass is 10.1. The van der Waals surface area contributed by atoms with E-state index in [-0.39, 0.29) is 25.0 Å². The van der Waals surface area contributed by atoms with Gasteiger partial charge in [0.15, 0.2) is 6.61 Å². The zero-order chi connectivity index (χ0) is 24.4. The predicted octanol–water partition coefficient (Wildman–Crippen LogP) is 5.07. The Bertz CT molecular complexity index is 925. The summed E-state index contributed by atoms with van der Waals surface area (Å²) < 4.78 is 11.1. The van der Waals surface area contributed by atoms with E-state index in [1.165, 1.54) is 0 Å². The second-order valence-corrected chi connectivity index (χ2v) is 8.48. The second-order valence-electron chi connectivity index (χ2n) is 8.10. The third kappa shape index (κ3) is 7.67. The first-order valence-corrected chi connectivity index (χ1v) is 11.8. The molecule has 0 bridgehead atoms. The van der Waals surface area contributed by atoms with Crippen molar-refractivity contribution in [1.29, 1.82) is 0 Å². The number of carbonyl (C=O) groups excluding carboxylic acids is 2. The van der Waals surface area contributed by atoms with Crippen LogP contribution in [-0.4, -0.2) is 43.0 Å². The van der Waals surface area contributed by atoms with Crippen LogP contribution in [0, 0.1) is 13.8 Å². The minimum atomic E-state index is -0.599. The van der Waals surface area contributed by atoms with Gasteiger partial charge in [-0.3, -0.25) is 9.59 Å². The molecule has 2 aromatic rings. The zero-order valence-electron chi connectivity index (χ0n) is 20.2. The van der Waals surface area contributed by atoms with Gasteiger partial charge >= 0.3 is 0 Å². The van der Waals surface area contributed by atoms with Crippen LogP contribution in [0.2, 0.25) is 5.02 Å². The zero-order valence-corrected chi connectivity index (χ0v) is 21.0. The molecule has 0 aliphatic carbocycles. The Balaban J connectivity index is 2.23. The molecule has 0 aliphatic rings. The number of carbonyl (C=O) groups is 2. The van der Waals surface area contributed by atoms with Crippen LogP contribution in [0.5, 0.6) is 11.5 Å². The third-order valence-corrected chi connectivity index (χ3v) is 6.07. The molecule has 0 spiro atoms. The molecule has 2 aromatic carbocycles. The van der Waals surface area contributed by atoms with Crippen LogP contribution < -0.4 is 14.8 Å². The monoisotopic (exact) mass is 474 g/mol. The van der Waals surface area contributed by atoms with E-state index < -0.39 is 6.04 Å². The van der Waals surface area contributed by atoms with Crippen LogP contribution in [0.4, 0.5) is 0 Å². The molecule has 33 heavy (non-hydrogen) atoms. The molecule has 180 valence electrons. The average molecular weight is 475 g/mol. The van der Waals surface area contributed by atoms with Gasteiger partial charge in [-0.2, -0.15) is 0 Å². The van der Waals surface area contributed by atoms with Crippen molar-refractivity contribution < 1.29 is 19.1 Å². The quantitative estimate of drug-likeness (QED) is 0.436. The number of rotatable bonds is 12. The second kappa shape index (κ2) is 13.1. The lowest BCUT2D eigenvalue weighted by molar-refractivity contribution is -0.143. The standard InChI is InChI=1S/C26H35ClN2O4/c1-6-8-12-28-26(31)23(7-2)29(16-20-10-9-11-21(15-20)32-5)24(30)17-33-22-13-18(3)25(27)19(4)14-22/h9-11,13-15,23H,6-8,12,16-17H2,1-5H3,(H,28,31). The highest BCUT2D eigenvalue weighted by Crippen LogP contribution is 2.26. The van der Waals surface area contributed by atoms with Crippen LogP contribution in [0.3, 0.4) is 0 Å². The highest BCUT2D eigenvalue weighted by atomic mass is 35.5. The summed E-state index contributed by atoms with van der Waals surface area (Å²) >= 11 is 6.24. The van der Waals surface area contributed by atoms with Crippen LogP contribution in [0.15, 0.2) is 36.4 Å². The molecule has 7 heteroatoms. The van der Waals surface area contributed by atoms with Gasteiger partial charge in [-0.25, -0.2) is 0 Å². The fourth-order valence-corrected chi connectivity index (χ4v) is 3.72. The number of aryl methyl sites for hydroxylation is 2. The molecule has 1 atom stereocenters. The van der Waals surface area contributed by atoms with E-state index in [1.807, 2.05) is 57.2 Å². The maximum Gasteiger partial charge on any atom is 0.261 e. The summed E-state index contributed by atoms with van der Waals surface area (Å²) in [7, 11) is 1.60. The minimum absolute atomic E-state index is 0.152. The van der Waals surface area contributed by atoms with E-state index >= 15 is 0 Å². The van der Waals surface area contributed by atoms with Crippen molar-refractivity contribution in [2.45, 2.75) is 59.5 Å². The summed E-state index contributed by atoms with van der Waals surface area (Å²) in [5.41, 5.74) is 2.64. The van der Waals surface area contributed by atoms with Crippen molar-refractivity contribution in [2.75, 3.05) is 20.3 Å². The molecular weight excluding hydrogens is 440 g/mol. The average Bonchev–Trinajstić information content (AvgIpc) is 2.81. The third-order valence-electron chi connectivity index (χ3n) is 5.47. The van der Waals surface area contributed by atoms with E-state index in [4.69, 9.17) is 21.1 Å². The normalized spacial score (nSPS) is 11.6. The molecule has 6 nitrogen and oxygen atoms in total. The number of methoxy groups -OCH3 is 1. The van der Waals surface area contributed by atoms with Crippen molar-refractivity contribution in [3.05, 3.63) is 58.1 Å². The van der Waals surface area contributed by atoms with Crippen molar-refractivity contribution in [3.8, 4) is 11.5 Å². The van der Waals surface area contributed by atoms with Crippen molar-refractivity contribution in [2.24, 2.45) is 0 Å². The highest BCUT2D eigenvalue weighted by Gasteiger charge is 2.29. The molecule has 0 radical (unpaired) electrons. The van der Waals surface area contributed by atoms with Gasteiger partial charge in [-0.1, -0.05) is 44.0 Å². The van der Waals surface area contributed by atoms with Crippen LogP contribution in [-0.2, 0) is 16.1 Å². The smallest absolute Gasteiger partial charge is 0.261 e. The minimum Gasteiger partial charge on any atom is -0.497 e. The molecule has 1 unspecified atom stereocenters. The molecule has 0 aliphatic heterocycles. The van der Waals surface area contributed by atoms with Gasteiger partial charge in [-0.05, 0) is 67.6 Å². The number of unbranched alkanes of at least 4 members (excludes halogenated alkanes) is 1. The van der Waals surface area contributed by atoms with E-state index in [0.717, 1.165) is 29.5 Å². The van der Waals surface area contributed by atoms with Gasteiger partial charge in [0, 0.05) is 18.1 Å². The van der Waals surface area contributed by atoms with Crippen LogP contribution in [0.25, 0.3) is 0 Å². The Hall–Kier alpha value is -2.73. The van der Waals surface area contributed by atoms with E-state index in [1.54, 1.807) is 12.0 Å². The molecule has 2 rings (SSSR count). The molecule has 0 saturated heterocycles. The molecule has 0 heterocycles. The van der Waals surface area contributed by atoms with E-state index in [2.05, 4.69) is 12.2 Å². The van der Waals surface area contributed by atoms with Crippen LogP contribution in [0.1, 0.15) is 49.8 Å². The first-order valence-electron chi connectivity index (χ1n) is 11.4. The summed E-state index contributed by atoms with van der Waals surface area (Å²) in [4.78, 5) is 27.8. The van der Waals surface area contributed by atoms with Crippen molar-refractivity contribution >= 4 is 23.4 Å². The van der Waals surface area contributed by atoms with Crippen molar-refractivity contribution in [1.82, 2.24) is 10.2 Å². The van der Waals surface area contributed by atoms with Gasteiger partial charge in [-0.15, -0.1) is 0 Å². The Morgan fingerprint density at radius 2 is 1.79 bits per heavy atom. The Morgan fingerprint density at radius 3 is 2.39 bits per heavy atom. The van der Waals surface area contributed by atoms with Gasteiger partial charge in [0.05, 0.1) is 7.11 Å². The molecule has 0 aromatic heterocycles. The summed E-state index contributed by atoms with van der Waals surface area (Å²) in [6.45, 7) is 8.45. The number of amides is 2. The molecular formula is C26H35ClN2O4. The Kier molecular flexibility index (Phi) is 10.5. The SMILES string of the molecule is CCCCNC(=O)C(CC)N(Cc1cccc(OC)c1)C(=O)COc1cc(C)c(Cl)c(C)c1. The van der Waals surface area contributed by atoms with Gasteiger partial charge in [0.1, 0.15) is 17.5 Å². The van der Waals surface area contributed by atoms with Gasteiger partial charge in [0.25, 0.3) is 5.91 Å². The Labute approximate surface area is 202 Å². The highest BCUT2D eigenvalue weighted by molar-refractivity contribution is 6.32. The van der Waals surface area contributed by atoms with E-state index in [9.17, 15) is 9.59 Å². The maximum absolute atomic E-state index is 13.3. The Morgan fingerprint density at radius 1 is 1.09 bits per heavy atom. The topological polar surface area (TPSA) is 67.9 Å². The van der Waals surface area contributed by atoms with Gasteiger partial charge < -0.3 is 19.7 Å². The van der Waals surface area contributed by atoms with E-state index in [0.29, 0.717) is 29.5 Å². The number of nitrogens with one attached hydrogen (secondary N) is 1. The molecule has 0 fully saturated rings. The summed E-state index contributed by atoms with van der Waals surface area (Å²) in [6, 6.07) is 10.5. The lowest BCUT2D eigenvalue weighted by Gasteiger charge is -2.30. The first-order chi connectivity index (χ1) is 15.8. The number of benzene rings is 2. The number of nitrogens with zero attached hydrogens (tertiary/aromatic N) is 1. The predicted molar refractivity (Wildman–Crippen MR) is 132 cm³/mol. The maximum atomic E-state index is 13.3. The molecule has 1 N–H and O–H groups in total. The molecule has 2 amide bonds. The number of halogens is 1. The summed E-state index contributed by atoms with van der Waals surface area (Å²) in [5.74, 6) is 0.856. The van der Waals surface area contributed by atoms with Crippen LogP contribution >= 0.6 is 11.6 Å². The number of hydrogen-bond acceptors (Lipinski definition) is 4. The fourth-order valence-electron chi connectivity index (χ4n) is 3.61. The lowest BCUT2D eigenvalue weighted by Crippen LogP contribution is -2.50. The van der Waals surface area contributed by atoms with Gasteiger partial charge in [0.2, 0.25) is 5.91 Å². The summed E-state index contributed by atoms with van der Waals surface area (Å²) in [5, 5.41) is 3.64. The fraction of sp³-hybridized carbons (Fsp3) is 0.462. The van der Waals surface area contributed by atoms with Crippen molar-refractivity contribution in [3.63, 3.8) is 0 Å². The summed E-state index contributed by atoms with van der Waals surface area (Å²) in [6.07, 6.45) is 2.37. The largest absolute Gasteiger partial charge is 0.497 e. The number of ether oxygens (including phenoxy) is 2. The number of hydrogen-bond donors (Lipinski definition) is 1.